The van der Waals surface area contributed by atoms with Crippen LogP contribution in [-0.4, -0.2) is 5.91 Å². The third-order valence-corrected chi connectivity index (χ3v) is 3.62. The fourth-order valence-corrected chi connectivity index (χ4v) is 2.63. The standard InChI is InChI=1S/C11H6ClN3OS/c12-9-3-1-2-7-6-8(17-11(7)9)4-5-10(16)14-15-13/h1-6H/b5-4+. The Labute approximate surface area is 106 Å². The van der Waals surface area contributed by atoms with E-state index in [0.29, 0.717) is 5.02 Å². The van der Waals surface area contributed by atoms with Gasteiger partial charge in [0.2, 0.25) is 5.91 Å². The van der Waals surface area contributed by atoms with E-state index in [1.54, 1.807) is 6.08 Å². The van der Waals surface area contributed by atoms with Crippen molar-refractivity contribution in [2.45, 2.75) is 0 Å². The summed E-state index contributed by atoms with van der Waals surface area (Å²) in [5, 5.41) is 4.66. The molecule has 0 unspecified atom stereocenters. The molecule has 0 bridgehead atoms. The maximum Gasteiger partial charge on any atom is 0.242 e. The van der Waals surface area contributed by atoms with Crippen molar-refractivity contribution in [3.05, 3.63) is 50.7 Å². The summed E-state index contributed by atoms with van der Waals surface area (Å²) >= 11 is 7.51. The number of fused-ring (bicyclic) bond motifs is 1. The van der Waals surface area contributed by atoms with E-state index in [4.69, 9.17) is 17.1 Å². The van der Waals surface area contributed by atoms with E-state index >= 15 is 0 Å². The fourth-order valence-electron chi connectivity index (χ4n) is 1.36. The van der Waals surface area contributed by atoms with Crippen LogP contribution in [0.1, 0.15) is 4.88 Å². The predicted molar refractivity (Wildman–Crippen MR) is 70.0 cm³/mol. The molecule has 17 heavy (non-hydrogen) atoms. The van der Waals surface area contributed by atoms with Crippen LogP contribution in [0, 0.1) is 0 Å². The maximum absolute atomic E-state index is 11.0. The fraction of sp³-hybridized carbons (Fsp3) is 0. The van der Waals surface area contributed by atoms with E-state index in [1.165, 1.54) is 17.4 Å². The lowest BCUT2D eigenvalue weighted by molar-refractivity contribution is -0.113. The molecule has 0 saturated heterocycles. The van der Waals surface area contributed by atoms with Crippen LogP contribution in [0.5, 0.6) is 0 Å². The average molecular weight is 264 g/mol. The van der Waals surface area contributed by atoms with Gasteiger partial charge in [0.05, 0.1) is 9.72 Å². The highest BCUT2D eigenvalue weighted by Gasteiger charge is 2.02. The first kappa shape index (κ1) is 11.7. The van der Waals surface area contributed by atoms with Crippen LogP contribution < -0.4 is 0 Å². The van der Waals surface area contributed by atoms with Gasteiger partial charge in [0.25, 0.3) is 0 Å². The number of carbonyl (C=O) groups is 1. The van der Waals surface area contributed by atoms with Crippen molar-refractivity contribution in [1.29, 1.82) is 0 Å². The summed E-state index contributed by atoms with van der Waals surface area (Å²) in [5.41, 5.74) is 8.07. The topological polar surface area (TPSA) is 65.8 Å². The lowest BCUT2D eigenvalue weighted by Crippen LogP contribution is -1.80. The zero-order chi connectivity index (χ0) is 12.3. The van der Waals surface area contributed by atoms with E-state index in [-0.39, 0.29) is 0 Å². The highest BCUT2D eigenvalue weighted by molar-refractivity contribution is 7.20. The first-order valence-electron chi connectivity index (χ1n) is 4.66. The zero-order valence-electron chi connectivity index (χ0n) is 8.50. The SMILES string of the molecule is [N-]=[N+]=NC(=O)/C=C/c1cc2cccc(Cl)c2s1. The summed E-state index contributed by atoms with van der Waals surface area (Å²) in [6, 6.07) is 7.56. The molecule has 0 spiro atoms. The van der Waals surface area contributed by atoms with Gasteiger partial charge >= 0.3 is 0 Å². The number of amides is 1. The molecule has 1 aromatic heterocycles. The quantitative estimate of drug-likeness (QED) is 0.343. The lowest BCUT2D eigenvalue weighted by Gasteiger charge is -1.89. The Morgan fingerprint density at radius 1 is 1.53 bits per heavy atom. The van der Waals surface area contributed by atoms with Crippen LogP contribution in [0.4, 0.5) is 0 Å². The van der Waals surface area contributed by atoms with Gasteiger partial charge in [-0.3, -0.25) is 4.79 Å². The van der Waals surface area contributed by atoms with Gasteiger partial charge in [0.1, 0.15) is 0 Å². The Balaban J connectivity index is 2.35. The number of azide groups is 1. The Kier molecular flexibility index (Phi) is 3.44. The van der Waals surface area contributed by atoms with Crippen molar-refractivity contribution in [2.24, 2.45) is 5.11 Å². The van der Waals surface area contributed by atoms with Crippen molar-refractivity contribution >= 4 is 45.0 Å². The Hall–Kier alpha value is -1.81. The molecule has 2 rings (SSSR count). The normalized spacial score (nSPS) is 10.6. The smallest absolute Gasteiger partial charge is 0.242 e. The third kappa shape index (κ3) is 2.65. The first-order chi connectivity index (χ1) is 8.20. The van der Waals surface area contributed by atoms with Crippen LogP contribution in [0.15, 0.2) is 35.5 Å². The maximum atomic E-state index is 11.0. The number of hydrogen-bond acceptors (Lipinski definition) is 2. The minimum atomic E-state index is -0.615. The Bertz CT molecular complexity index is 656. The van der Waals surface area contributed by atoms with Crippen molar-refractivity contribution in [2.75, 3.05) is 0 Å². The van der Waals surface area contributed by atoms with Crippen LogP contribution in [0.2, 0.25) is 5.02 Å². The van der Waals surface area contributed by atoms with Gasteiger partial charge in [-0.05, 0) is 40.3 Å². The van der Waals surface area contributed by atoms with Crippen LogP contribution in [0.3, 0.4) is 0 Å². The summed E-state index contributed by atoms with van der Waals surface area (Å²) in [6.07, 6.45) is 2.84. The van der Waals surface area contributed by atoms with Crippen LogP contribution >= 0.6 is 22.9 Å². The van der Waals surface area contributed by atoms with Gasteiger partial charge in [0, 0.05) is 9.79 Å². The minimum absolute atomic E-state index is 0.615. The third-order valence-electron chi connectivity index (χ3n) is 2.05. The molecule has 0 aliphatic rings. The number of benzene rings is 1. The van der Waals surface area contributed by atoms with Gasteiger partial charge in [-0.1, -0.05) is 23.7 Å². The van der Waals surface area contributed by atoms with Gasteiger partial charge in [0.15, 0.2) is 0 Å². The van der Waals surface area contributed by atoms with Crippen molar-refractivity contribution in [1.82, 2.24) is 0 Å². The number of nitrogens with zero attached hydrogens (tertiary/aromatic N) is 3. The number of hydrogen-bond donors (Lipinski definition) is 0. The average Bonchev–Trinajstić information content (AvgIpc) is 2.71. The van der Waals surface area contributed by atoms with Crippen LogP contribution in [0.25, 0.3) is 26.6 Å². The Morgan fingerprint density at radius 2 is 2.35 bits per heavy atom. The van der Waals surface area contributed by atoms with E-state index in [0.717, 1.165) is 15.0 Å². The highest BCUT2D eigenvalue weighted by atomic mass is 35.5. The summed E-state index contributed by atoms with van der Waals surface area (Å²) in [7, 11) is 0. The van der Waals surface area contributed by atoms with E-state index in [1.807, 2.05) is 24.3 Å². The number of carbonyl (C=O) groups excluding carboxylic acids is 1. The molecule has 6 heteroatoms. The molecular weight excluding hydrogens is 258 g/mol. The lowest BCUT2D eigenvalue weighted by atomic mass is 10.2. The molecule has 0 aliphatic carbocycles. The van der Waals surface area contributed by atoms with E-state index in [2.05, 4.69) is 10.0 Å². The highest BCUT2D eigenvalue weighted by Crippen LogP contribution is 2.32. The second-order valence-electron chi connectivity index (χ2n) is 3.17. The van der Waals surface area contributed by atoms with Crippen molar-refractivity contribution < 1.29 is 4.79 Å². The van der Waals surface area contributed by atoms with Gasteiger partial charge in [-0.2, -0.15) is 0 Å². The summed E-state index contributed by atoms with van der Waals surface area (Å²) in [4.78, 5) is 14.3. The Morgan fingerprint density at radius 3 is 3.06 bits per heavy atom. The molecule has 2 aromatic rings. The van der Waals surface area contributed by atoms with Crippen LogP contribution in [-0.2, 0) is 4.79 Å². The number of halogens is 1. The van der Waals surface area contributed by atoms with E-state index < -0.39 is 5.91 Å². The molecule has 0 saturated carbocycles. The second-order valence-corrected chi connectivity index (χ2v) is 4.66. The number of rotatable bonds is 2. The summed E-state index contributed by atoms with van der Waals surface area (Å²) < 4.78 is 0.977. The molecule has 4 nitrogen and oxygen atoms in total. The molecule has 84 valence electrons. The first-order valence-corrected chi connectivity index (χ1v) is 5.85. The van der Waals surface area contributed by atoms with Gasteiger partial charge < -0.3 is 0 Å². The van der Waals surface area contributed by atoms with Gasteiger partial charge in [-0.15, -0.1) is 11.3 Å². The molecule has 0 atom stereocenters. The van der Waals surface area contributed by atoms with Crippen molar-refractivity contribution in [3.8, 4) is 0 Å². The molecule has 1 heterocycles. The predicted octanol–water partition coefficient (Wildman–Crippen LogP) is 4.40. The number of thiophene rings is 1. The minimum Gasteiger partial charge on any atom is -0.288 e. The molecule has 0 fully saturated rings. The largest absolute Gasteiger partial charge is 0.288 e. The molecule has 0 aliphatic heterocycles. The summed E-state index contributed by atoms with van der Waals surface area (Å²) in [6.45, 7) is 0. The van der Waals surface area contributed by atoms with Crippen molar-refractivity contribution in [3.63, 3.8) is 0 Å². The van der Waals surface area contributed by atoms with Gasteiger partial charge in [-0.25, -0.2) is 0 Å². The molecule has 0 radical (unpaired) electrons. The molecule has 1 amide bonds. The molecule has 0 N–H and O–H groups in total. The second kappa shape index (κ2) is 5.01. The summed E-state index contributed by atoms with van der Waals surface area (Å²) in [5.74, 6) is -0.615. The monoisotopic (exact) mass is 263 g/mol. The zero-order valence-corrected chi connectivity index (χ0v) is 10.1. The molecular formula is C11H6ClN3OS. The van der Waals surface area contributed by atoms with E-state index in [9.17, 15) is 4.79 Å². The molecule has 1 aromatic carbocycles.